The summed E-state index contributed by atoms with van der Waals surface area (Å²) in [5, 5.41) is 6.86. The molecule has 2 N–H and O–H groups in total. The lowest BCUT2D eigenvalue weighted by molar-refractivity contribution is -0.121. The van der Waals surface area contributed by atoms with Crippen LogP contribution in [0.5, 0.6) is 0 Å². The van der Waals surface area contributed by atoms with Gasteiger partial charge in [-0.25, -0.2) is 0 Å². The molecule has 1 atom stereocenters. The van der Waals surface area contributed by atoms with E-state index in [0.717, 1.165) is 17.0 Å². The summed E-state index contributed by atoms with van der Waals surface area (Å²) >= 11 is 6.06. The van der Waals surface area contributed by atoms with Crippen molar-refractivity contribution in [3.63, 3.8) is 0 Å². The van der Waals surface area contributed by atoms with E-state index in [4.69, 9.17) is 11.6 Å². The smallest absolute Gasteiger partial charge is 0.234 e. The molecule has 2 rings (SSSR count). The predicted molar refractivity (Wildman–Crippen MR) is 64.7 cm³/mol. The standard InChI is InChI=1S/C12H15ClN2O/c1-8-9(3-2-4-11(8)13)5-10-6-15-12(16)7-14-10/h2-4,10,14H,5-7H2,1H3,(H,15,16). The van der Waals surface area contributed by atoms with Crippen molar-refractivity contribution in [3.05, 3.63) is 34.3 Å². The number of carbonyl (C=O) groups excluding carboxylic acids is 1. The zero-order valence-electron chi connectivity index (χ0n) is 9.22. The zero-order chi connectivity index (χ0) is 11.5. The Morgan fingerprint density at radius 2 is 2.31 bits per heavy atom. The molecule has 0 bridgehead atoms. The highest BCUT2D eigenvalue weighted by molar-refractivity contribution is 6.31. The highest BCUT2D eigenvalue weighted by Crippen LogP contribution is 2.19. The van der Waals surface area contributed by atoms with Crippen molar-refractivity contribution in [1.82, 2.24) is 10.6 Å². The molecule has 16 heavy (non-hydrogen) atoms. The van der Waals surface area contributed by atoms with Crippen LogP contribution in [0.1, 0.15) is 11.1 Å². The van der Waals surface area contributed by atoms with Gasteiger partial charge in [0.1, 0.15) is 0 Å². The average Bonchev–Trinajstić information content (AvgIpc) is 2.28. The number of nitrogens with one attached hydrogen (secondary N) is 2. The van der Waals surface area contributed by atoms with Crippen LogP contribution in [0.3, 0.4) is 0 Å². The molecule has 1 fully saturated rings. The molecule has 1 aromatic rings. The second-order valence-corrected chi connectivity index (χ2v) is 4.52. The molecule has 86 valence electrons. The lowest BCUT2D eigenvalue weighted by atomic mass is 10.0. The summed E-state index contributed by atoms with van der Waals surface area (Å²) in [6.45, 7) is 3.12. The molecule has 0 aromatic heterocycles. The Morgan fingerprint density at radius 1 is 1.50 bits per heavy atom. The van der Waals surface area contributed by atoms with Crippen LogP contribution in [0.4, 0.5) is 0 Å². The largest absolute Gasteiger partial charge is 0.353 e. The van der Waals surface area contributed by atoms with Crippen LogP contribution >= 0.6 is 11.6 Å². The maximum atomic E-state index is 11.0. The maximum absolute atomic E-state index is 11.0. The molecule has 1 aliphatic heterocycles. The lowest BCUT2D eigenvalue weighted by Gasteiger charge is -2.24. The van der Waals surface area contributed by atoms with Gasteiger partial charge in [0.25, 0.3) is 0 Å². The van der Waals surface area contributed by atoms with E-state index in [-0.39, 0.29) is 5.91 Å². The number of carbonyl (C=O) groups is 1. The van der Waals surface area contributed by atoms with Crippen molar-refractivity contribution in [2.75, 3.05) is 13.1 Å². The van der Waals surface area contributed by atoms with Gasteiger partial charge in [0.2, 0.25) is 5.91 Å². The number of halogens is 1. The van der Waals surface area contributed by atoms with Gasteiger partial charge in [-0.15, -0.1) is 0 Å². The summed E-state index contributed by atoms with van der Waals surface area (Å²) < 4.78 is 0. The van der Waals surface area contributed by atoms with Gasteiger partial charge in [0, 0.05) is 17.6 Å². The van der Waals surface area contributed by atoms with E-state index < -0.39 is 0 Å². The van der Waals surface area contributed by atoms with Crippen LogP contribution in [0.15, 0.2) is 18.2 Å². The molecule has 0 radical (unpaired) electrons. The summed E-state index contributed by atoms with van der Waals surface area (Å²) in [6.07, 6.45) is 0.896. The second kappa shape index (κ2) is 4.85. The summed E-state index contributed by atoms with van der Waals surface area (Å²) in [5.41, 5.74) is 2.36. The minimum atomic E-state index is 0.0686. The van der Waals surface area contributed by atoms with Gasteiger partial charge in [-0.2, -0.15) is 0 Å². The topological polar surface area (TPSA) is 41.1 Å². The van der Waals surface area contributed by atoms with E-state index in [9.17, 15) is 4.79 Å². The number of rotatable bonds is 2. The average molecular weight is 239 g/mol. The molecule has 1 saturated heterocycles. The first kappa shape index (κ1) is 11.4. The Balaban J connectivity index is 2.04. The molecule has 3 nitrogen and oxygen atoms in total. The fraction of sp³-hybridized carbons (Fsp3) is 0.417. The molecule has 1 heterocycles. The van der Waals surface area contributed by atoms with Crippen LogP contribution in [-0.4, -0.2) is 25.0 Å². The SMILES string of the molecule is Cc1c(Cl)cccc1CC1CNC(=O)CN1. The number of amides is 1. The van der Waals surface area contributed by atoms with Gasteiger partial charge < -0.3 is 10.6 Å². The minimum absolute atomic E-state index is 0.0686. The molecular formula is C12H15ClN2O. The number of hydrogen-bond acceptors (Lipinski definition) is 2. The molecule has 4 heteroatoms. The molecule has 0 spiro atoms. The summed E-state index contributed by atoms with van der Waals surface area (Å²) in [5.74, 6) is 0.0686. The van der Waals surface area contributed by atoms with Gasteiger partial charge in [-0.1, -0.05) is 23.7 Å². The minimum Gasteiger partial charge on any atom is -0.353 e. The molecule has 1 amide bonds. The first-order valence-corrected chi connectivity index (χ1v) is 5.78. The quantitative estimate of drug-likeness (QED) is 0.815. The van der Waals surface area contributed by atoms with Gasteiger partial charge >= 0.3 is 0 Å². The highest BCUT2D eigenvalue weighted by atomic mass is 35.5. The third kappa shape index (κ3) is 2.54. The van der Waals surface area contributed by atoms with E-state index >= 15 is 0 Å². The van der Waals surface area contributed by atoms with Crippen molar-refractivity contribution in [3.8, 4) is 0 Å². The Hall–Kier alpha value is -1.06. The van der Waals surface area contributed by atoms with Gasteiger partial charge in [0.05, 0.1) is 6.54 Å². The second-order valence-electron chi connectivity index (χ2n) is 4.11. The Bertz CT molecular complexity index is 396. The van der Waals surface area contributed by atoms with Gasteiger partial charge in [-0.05, 0) is 30.5 Å². The van der Waals surface area contributed by atoms with Crippen molar-refractivity contribution in [2.24, 2.45) is 0 Å². The Labute approximate surface area is 100 Å². The molecule has 0 saturated carbocycles. The summed E-state index contributed by atoms with van der Waals surface area (Å²) in [7, 11) is 0. The van der Waals surface area contributed by atoms with Crippen LogP contribution in [0, 0.1) is 6.92 Å². The van der Waals surface area contributed by atoms with Crippen LogP contribution in [0.2, 0.25) is 5.02 Å². The third-order valence-corrected chi connectivity index (χ3v) is 3.35. The van der Waals surface area contributed by atoms with Crippen LogP contribution < -0.4 is 10.6 Å². The molecule has 1 aromatic carbocycles. The normalized spacial score (nSPS) is 20.6. The first-order chi connectivity index (χ1) is 7.66. The van der Waals surface area contributed by atoms with E-state index in [1.165, 1.54) is 5.56 Å². The lowest BCUT2D eigenvalue weighted by Crippen LogP contribution is -2.52. The molecule has 1 unspecified atom stereocenters. The summed E-state index contributed by atoms with van der Waals surface area (Å²) in [4.78, 5) is 11.0. The Kier molecular flexibility index (Phi) is 3.46. The maximum Gasteiger partial charge on any atom is 0.234 e. The highest BCUT2D eigenvalue weighted by Gasteiger charge is 2.18. The fourth-order valence-electron chi connectivity index (χ4n) is 1.89. The van der Waals surface area contributed by atoms with Crippen LogP contribution in [-0.2, 0) is 11.2 Å². The van der Waals surface area contributed by atoms with Crippen molar-refractivity contribution >= 4 is 17.5 Å². The predicted octanol–water partition coefficient (Wildman–Crippen LogP) is 1.28. The summed E-state index contributed by atoms with van der Waals surface area (Å²) in [6, 6.07) is 6.25. The molecular weight excluding hydrogens is 224 g/mol. The van der Waals surface area contributed by atoms with E-state index in [1.807, 2.05) is 19.1 Å². The number of hydrogen-bond donors (Lipinski definition) is 2. The number of piperazine rings is 1. The fourth-order valence-corrected chi connectivity index (χ4v) is 2.09. The van der Waals surface area contributed by atoms with Crippen molar-refractivity contribution in [2.45, 2.75) is 19.4 Å². The van der Waals surface area contributed by atoms with E-state index in [0.29, 0.717) is 19.1 Å². The molecule has 0 aliphatic carbocycles. The Morgan fingerprint density at radius 3 is 3.00 bits per heavy atom. The van der Waals surface area contributed by atoms with Gasteiger partial charge in [-0.3, -0.25) is 4.79 Å². The molecule has 1 aliphatic rings. The monoisotopic (exact) mass is 238 g/mol. The van der Waals surface area contributed by atoms with Crippen molar-refractivity contribution in [1.29, 1.82) is 0 Å². The first-order valence-electron chi connectivity index (χ1n) is 5.41. The third-order valence-electron chi connectivity index (χ3n) is 2.94. The van der Waals surface area contributed by atoms with Crippen LogP contribution in [0.25, 0.3) is 0 Å². The van der Waals surface area contributed by atoms with Gasteiger partial charge in [0.15, 0.2) is 0 Å². The zero-order valence-corrected chi connectivity index (χ0v) is 9.97. The van der Waals surface area contributed by atoms with E-state index in [1.54, 1.807) is 0 Å². The van der Waals surface area contributed by atoms with E-state index in [2.05, 4.69) is 16.7 Å². The number of benzene rings is 1. The van der Waals surface area contributed by atoms with Crippen molar-refractivity contribution < 1.29 is 4.79 Å².